The van der Waals surface area contributed by atoms with Crippen molar-refractivity contribution in [2.75, 3.05) is 13.1 Å². The summed E-state index contributed by atoms with van der Waals surface area (Å²) in [5, 5.41) is 9.25. The first-order chi connectivity index (χ1) is 22.7. The number of allylic oxidation sites excluding steroid dienone is 1. The van der Waals surface area contributed by atoms with E-state index in [1.54, 1.807) is 13.0 Å². The van der Waals surface area contributed by atoms with Gasteiger partial charge in [0.15, 0.2) is 17.2 Å². The smallest absolute Gasteiger partial charge is 0.328 e. The quantitative estimate of drug-likeness (QED) is 0.173. The summed E-state index contributed by atoms with van der Waals surface area (Å²) in [5.74, 6) is 0.202. The normalized spacial score (nSPS) is 14.5. The summed E-state index contributed by atoms with van der Waals surface area (Å²) >= 11 is 0. The highest BCUT2D eigenvalue weighted by Gasteiger charge is 2.24. The number of hydrogen-bond donors (Lipinski definition) is 1. The van der Waals surface area contributed by atoms with E-state index in [9.17, 15) is 14.3 Å². The minimum absolute atomic E-state index is 0.00964. The molecule has 1 N–H and O–H groups in total. The van der Waals surface area contributed by atoms with E-state index in [2.05, 4.69) is 30.9 Å². The number of imidazole rings is 2. The SMILES string of the molecule is CCn1cncc1Cn1c(CN2CCC(Oc3cccc(COc4ccc(C)cc4F)n3)CC2)nc2ccc(/C(C)=C/C(=O)O)nc21. The van der Waals surface area contributed by atoms with Crippen LogP contribution in [-0.2, 0) is 31.0 Å². The molecule has 6 rings (SSSR count). The van der Waals surface area contributed by atoms with Gasteiger partial charge in [-0.2, -0.15) is 0 Å². The number of halogens is 1. The van der Waals surface area contributed by atoms with Crippen LogP contribution in [0.15, 0.2) is 67.1 Å². The van der Waals surface area contributed by atoms with Crippen LogP contribution in [-0.4, -0.2) is 64.2 Å². The number of aliphatic carboxylic acids is 1. The summed E-state index contributed by atoms with van der Waals surface area (Å²) < 4.78 is 30.3. The van der Waals surface area contributed by atoms with Gasteiger partial charge < -0.3 is 23.7 Å². The maximum atomic E-state index is 14.2. The second kappa shape index (κ2) is 14.1. The van der Waals surface area contributed by atoms with E-state index in [1.807, 2.05) is 55.8 Å². The zero-order valence-corrected chi connectivity index (χ0v) is 26.8. The molecule has 1 fully saturated rings. The summed E-state index contributed by atoms with van der Waals surface area (Å²) in [6, 6.07) is 14.1. The number of nitrogens with zero attached hydrogens (tertiary/aromatic N) is 7. The lowest BCUT2D eigenvalue weighted by Gasteiger charge is -2.31. The summed E-state index contributed by atoms with van der Waals surface area (Å²) in [6.45, 7) is 9.39. The van der Waals surface area contributed by atoms with Crippen molar-refractivity contribution in [1.82, 2.24) is 34.0 Å². The van der Waals surface area contributed by atoms with Crippen LogP contribution >= 0.6 is 0 Å². The molecule has 4 aromatic heterocycles. The van der Waals surface area contributed by atoms with Crippen molar-refractivity contribution < 1.29 is 23.8 Å². The Hall–Kier alpha value is -5.10. The van der Waals surface area contributed by atoms with Gasteiger partial charge >= 0.3 is 5.97 Å². The maximum absolute atomic E-state index is 14.2. The molecule has 5 heterocycles. The Kier molecular flexibility index (Phi) is 9.58. The molecule has 47 heavy (non-hydrogen) atoms. The number of pyridine rings is 2. The molecule has 1 aliphatic rings. The van der Waals surface area contributed by atoms with Crippen LogP contribution in [0.3, 0.4) is 0 Å². The van der Waals surface area contributed by atoms with Gasteiger partial charge in [0.05, 0.1) is 36.5 Å². The number of benzene rings is 1. The number of fused-ring (bicyclic) bond motifs is 1. The van der Waals surface area contributed by atoms with E-state index in [0.29, 0.717) is 41.6 Å². The van der Waals surface area contributed by atoms with Crippen LogP contribution in [0, 0.1) is 12.7 Å². The van der Waals surface area contributed by atoms with Crippen molar-refractivity contribution in [3.05, 3.63) is 101 Å². The molecule has 0 radical (unpaired) electrons. The zero-order valence-electron chi connectivity index (χ0n) is 26.8. The predicted molar refractivity (Wildman–Crippen MR) is 174 cm³/mol. The van der Waals surface area contributed by atoms with Crippen LogP contribution in [0.5, 0.6) is 11.6 Å². The molecule has 0 spiro atoms. The molecule has 1 aromatic carbocycles. The van der Waals surface area contributed by atoms with Gasteiger partial charge in [-0.05, 0) is 75.1 Å². The Morgan fingerprint density at radius 1 is 1.09 bits per heavy atom. The molecular weight excluding hydrogens is 601 g/mol. The zero-order chi connectivity index (χ0) is 32.9. The Morgan fingerprint density at radius 3 is 2.68 bits per heavy atom. The van der Waals surface area contributed by atoms with Crippen molar-refractivity contribution in [3.8, 4) is 11.6 Å². The monoisotopic (exact) mass is 639 g/mol. The van der Waals surface area contributed by atoms with Crippen molar-refractivity contribution in [1.29, 1.82) is 0 Å². The average Bonchev–Trinajstić information content (AvgIpc) is 3.65. The van der Waals surface area contributed by atoms with Gasteiger partial charge in [0.25, 0.3) is 0 Å². The fourth-order valence-corrected chi connectivity index (χ4v) is 5.77. The summed E-state index contributed by atoms with van der Waals surface area (Å²) in [4.78, 5) is 32.4. The number of aryl methyl sites for hydroxylation is 2. The second-order valence-corrected chi connectivity index (χ2v) is 11.8. The summed E-state index contributed by atoms with van der Waals surface area (Å²) in [6.07, 6.45) is 6.50. The van der Waals surface area contributed by atoms with E-state index in [-0.39, 0.29) is 18.5 Å². The van der Waals surface area contributed by atoms with Gasteiger partial charge in [0, 0.05) is 38.0 Å². The molecule has 0 amide bonds. The molecule has 1 saturated heterocycles. The molecule has 5 aromatic rings. The lowest BCUT2D eigenvalue weighted by molar-refractivity contribution is -0.131. The van der Waals surface area contributed by atoms with Crippen LogP contribution in [0.25, 0.3) is 16.7 Å². The molecule has 0 bridgehead atoms. The van der Waals surface area contributed by atoms with Crippen LogP contribution in [0.1, 0.15) is 55.2 Å². The number of carboxylic acids is 1. The van der Waals surface area contributed by atoms with Gasteiger partial charge in [-0.15, -0.1) is 0 Å². The summed E-state index contributed by atoms with van der Waals surface area (Å²) in [7, 11) is 0. The Balaban J connectivity index is 1.12. The number of piperidine rings is 1. The van der Waals surface area contributed by atoms with E-state index in [4.69, 9.17) is 19.4 Å². The minimum atomic E-state index is -1.01. The topological polar surface area (TPSA) is 120 Å². The van der Waals surface area contributed by atoms with E-state index in [0.717, 1.165) is 55.1 Å². The van der Waals surface area contributed by atoms with E-state index >= 15 is 0 Å². The molecule has 1 aliphatic heterocycles. The molecule has 11 nitrogen and oxygen atoms in total. The van der Waals surface area contributed by atoms with Gasteiger partial charge in [-0.3, -0.25) is 4.90 Å². The first-order valence-electron chi connectivity index (χ1n) is 15.8. The number of ether oxygens (including phenoxy) is 2. The fourth-order valence-electron chi connectivity index (χ4n) is 5.77. The van der Waals surface area contributed by atoms with Crippen molar-refractivity contribution in [2.24, 2.45) is 0 Å². The molecule has 0 unspecified atom stereocenters. The number of hydrogen-bond acceptors (Lipinski definition) is 8. The van der Waals surface area contributed by atoms with Crippen molar-refractivity contribution in [2.45, 2.75) is 66.0 Å². The highest BCUT2D eigenvalue weighted by Crippen LogP contribution is 2.24. The van der Waals surface area contributed by atoms with Gasteiger partial charge in [-0.1, -0.05) is 12.1 Å². The molecule has 12 heteroatoms. The van der Waals surface area contributed by atoms with Crippen LogP contribution in [0.2, 0.25) is 0 Å². The Bertz CT molecular complexity index is 1910. The average molecular weight is 640 g/mol. The number of rotatable bonds is 12. The minimum Gasteiger partial charge on any atom is -0.484 e. The first-order valence-corrected chi connectivity index (χ1v) is 15.8. The van der Waals surface area contributed by atoms with Crippen LogP contribution < -0.4 is 9.47 Å². The Labute approximate surface area is 272 Å². The van der Waals surface area contributed by atoms with Crippen molar-refractivity contribution >= 4 is 22.7 Å². The highest BCUT2D eigenvalue weighted by atomic mass is 19.1. The highest BCUT2D eigenvalue weighted by molar-refractivity contribution is 5.89. The maximum Gasteiger partial charge on any atom is 0.328 e. The molecule has 244 valence electrons. The summed E-state index contributed by atoms with van der Waals surface area (Å²) in [5.41, 5.74) is 5.16. The third kappa shape index (κ3) is 7.66. The van der Waals surface area contributed by atoms with Gasteiger partial charge in [0.2, 0.25) is 5.88 Å². The number of carboxylic acid groups (broad SMARTS) is 1. The molecule has 0 aliphatic carbocycles. The number of carbonyl (C=O) groups is 1. The molecule has 0 saturated carbocycles. The predicted octanol–water partition coefficient (Wildman–Crippen LogP) is 5.65. The lowest BCUT2D eigenvalue weighted by Crippen LogP contribution is -2.38. The third-order valence-corrected chi connectivity index (χ3v) is 8.31. The third-order valence-electron chi connectivity index (χ3n) is 8.31. The molecular formula is C35H38FN7O4. The standard InChI is InChI=1S/C35H38FN7O4/c1-4-42-22-37-18-26(42)19-43-32(39-30-10-9-29(40-35(30)43)24(3)17-34(44)45)20-41-14-12-27(13-15-41)47-33-7-5-6-25(38-33)21-46-31-11-8-23(2)16-28(31)36/h5-11,16-18,22,27H,4,12-15,19-21H2,1-3H3,(H,44,45)/b24-17+. The largest absolute Gasteiger partial charge is 0.484 e. The van der Waals surface area contributed by atoms with Gasteiger partial charge in [0.1, 0.15) is 24.1 Å². The Morgan fingerprint density at radius 2 is 1.91 bits per heavy atom. The van der Waals surface area contributed by atoms with Gasteiger partial charge in [-0.25, -0.2) is 29.1 Å². The second-order valence-electron chi connectivity index (χ2n) is 11.8. The molecule has 0 atom stereocenters. The van der Waals surface area contributed by atoms with E-state index in [1.165, 1.54) is 12.1 Å². The fraction of sp³-hybridized carbons (Fsp3) is 0.343. The number of aromatic nitrogens is 6. The van der Waals surface area contributed by atoms with Crippen molar-refractivity contribution in [3.63, 3.8) is 0 Å². The lowest BCUT2D eigenvalue weighted by atomic mass is 10.1. The number of likely N-dealkylation sites (tertiary alicyclic amines) is 1. The first kappa shape index (κ1) is 31.9. The van der Waals surface area contributed by atoms with E-state index < -0.39 is 11.8 Å². The van der Waals surface area contributed by atoms with Crippen LogP contribution in [0.4, 0.5) is 4.39 Å².